The molecular weight excluding hydrogens is 226 g/mol. The molecule has 0 saturated heterocycles. The summed E-state index contributed by atoms with van der Waals surface area (Å²) in [6.45, 7) is 4.35. The van der Waals surface area contributed by atoms with Crippen LogP contribution in [0.5, 0.6) is 0 Å². The first-order valence-electron chi connectivity index (χ1n) is 6.28. The second kappa shape index (κ2) is 6.40. The Morgan fingerprint density at radius 2 is 2.11 bits per heavy atom. The first-order valence-corrected chi connectivity index (χ1v) is 6.28. The Kier molecular flexibility index (Phi) is 5.16. The molecule has 0 saturated carbocycles. The molecular formula is C14H23N3O. The summed E-state index contributed by atoms with van der Waals surface area (Å²) in [5.41, 5.74) is 8.61. The van der Waals surface area contributed by atoms with Gasteiger partial charge >= 0.3 is 0 Å². The van der Waals surface area contributed by atoms with E-state index in [-0.39, 0.29) is 11.8 Å². The molecule has 4 heteroatoms. The molecule has 0 aromatic heterocycles. The number of nitrogens with zero attached hydrogens (tertiary/aromatic N) is 1. The highest BCUT2D eigenvalue weighted by molar-refractivity contribution is 5.93. The van der Waals surface area contributed by atoms with Crippen molar-refractivity contribution < 1.29 is 4.79 Å². The standard InChI is InChI=1S/C14H23N3O/c1-5-11(9-15)14(18)16-13-7-6-12(17(3)4)8-10(13)2/h6-8,11H,5,9,15H2,1-4H3,(H,16,18). The third kappa shape index (κ3) is 3.47. The van der Waals surface area contributed by atoms with Crippen molar-refractivity contribution in [1.82, 2.24) is 0 Å². The number of benzene rings is 1. The number of carbonyl (C=O) groups is 1. The molecule has 0 fully saturated rings. The van der Waals surface area contributed by atoms with Gasteiger partial charge in [-0.25, -0.2) is 0 Å². The normalized spacial score (nSPS) is 12.1. The molecule has 0 aliphatic carbocycles. The Bertz CT molecular complexity index is 412. The van der Waals surface area contributed by atoms with Crippen LogP contribution in [-0.2, 0) is 4.79 Å². The van der Waals surface area contributed by atoms with Gasteiger partial charge in [0.15, 0.2) is 0 Å². The summed E-state index contributed by atoms with van der Waals surface area (Å²) in [4.78, 5) is 14.0. The summed E-state index contributed by atoms with van der Waals surface area (Å²) in [6.07, 6.45) is 0.761. The quantitative estimate of drug-likeness (QED) is 0.839. The molecule has 0 aliphatic rings. The lowest BCUT2D eigenvalue weighted by atomic mass is 10.1. The molecule has 3 N–H and O–H groups in total. The van der Waals surface area contributed by atoms with Gasteiger partial charge < -0.3 is 16.0 Å². The van der Waals surface area contributed by atoms with Gasteiger partial charge in [0, 0.05) is 32.0 Å². The molecule has 1 rings (SSSR count). The van der Waals surface area contributed by atoms with E-state index >= 15 is 0 Å². The number of amides is 1. The molecule has 1 atom stereocenters. The summed E-state index contributed by atoms with van der Waals surface area (Å²) in [6, 6.07) is 5.98. The fraction of sp³-hybridized carbons (Fsp3) is 0.500. The van der Waals surface area contributed by atoms with Gasteiger partial charge in [0.25, 0.3) is 0 Å². The third-order valence-electron chi connectivity index (χ3n) is 3.13. The van der Waals surface area contributed by atoms with E-state index in [1.54, 1.807) is 0 Å². The zero-order valence-corrected chi connectivity index (χ0v) is 11.7. The maximum absolute atomic E-state index is 11.9. The van der Waals surface area contributed by atoms with Gasteiger partial charge in [0.2, 0.25) is 5.91 Å². The number of aryl methyl sites for hydroxylation is 1. The van der Waals surface area contributed by atoms with E-state index < -0.39 is 0 Å². The number of hydrogen-bond donors (Lipinski definition) is 2. The molecule has 4 nitrogen and oxygen atoms in total. The molecule has 0 aliphatic heterocycles. The number of nitrogens with one attached hydrogen (secondary N) is 1. The second-order valence-corrected chi connectivity index (χ2v) is 4.72. The van der Waals surface area contributed by atoms with Crippen molar-refractivity contribution in [3.05, 3.63) is 23.8 Å². The van der Waals surface area contributed by atoms with Crippen molar-refractivity contribution in [2.24, 2.45) is 11.7 Å². The average molecular weight is 249 g/mol. The lowest BCUT2D eigenvalue weighted by molar-refractivity contribution is -0.119. The van der Waals surface area contributed by atoms with Crippen molar-refractivity contribution in [2.75, 3.05) is 30.9 Å². The lowest BCUT2D eigenvalue weighted by Crippen LogP contribution is -2.28. The minimum absolute atomic E-state index is 0.000651. The molecule has 1 aromatic carbocycles. The summed E-state index contributed by atoms with van der Waals surface area (Å²) < 4.78 is 0. The van der Waals surface area contributed by atoms with Gasteiger partial charge in [-0.15, -0.1) is 0 Å². The molecule has 0 bridgehead atoms. The van der Waals surface area contributed by atoms with E-state index in [4.69, 9.17) is 5.73 Å². The second-order valence-electron chi connectivity index (χ2n) is 4.72. The summed E-state index contributed by atoms with van der Waals surface area (Å²) in [5.74, 6) is -0.112. The van der Waals surface area contributed by atoms with E-state index in [0.29, 0.717) is 6.54 Å². The fourth-order valence-electron chi connectivity index (χ4n) is 1.76. The molecule has 0 radical (unpaired) electrons. The minimum Gasteiger partial charge on any atom is -0.378 e. The summed E-state index contributed by atoms with van der Waals surface area (Å²) >= 11 is 0. The predicted molar refractivity (Wildman–Crippen MR) is 77.0 cm³/mol. The van der Waals surface area contributed by atoms with Crippen LogP contribution in [-0.4, -0.2) is 26.5 Å². The maximum Gasteiger partial charge on any atom is 0.228 e. The van der Waals surface area contributed by atoms with Crippen LogP contribution in [0, 0.1) is 12.8 Å². The monoisotopic (exact) mass is 249 g/mol. The molecule has 1 unspecified atom stereocenters. The van der Waals surface area contributed by atoms with Crippen molar-refractivity contribution >= 4 is 17.3 Å². The highest BCUT2D eigenvalue weighted by Gasteiger charge is 2.15. The number of carbonyl (C=O) groups excluding carboxylic acids is 1. The lowest BCUT2D eigenvalue weighted by Gasteiger charge is -2.17. The van der Waals surface area contributed by atoms with Gasteiger partial charge in [-0.05, 0) is 37.1 Å². The zero-order chi connectivity index (χ0) is 13.7. The Hall–Kier alpha value is -1.55. The van der Waals surface area contributed by atoms with Gasteiger partial charge in [0.05, 0.1) is 5.92 Å². The highest BCUT2D eigenvalue weighted by atomic mass is 16.1. The molecule has 0 spiro atoms. The van der Waals surface area contributed by atoms with E-state index in [1.165, 1.54) is 0 Å². The van der Waals surface area contributed by atoms with Crippen LogP contribution >= 0.6 is 0 Å². The van der Waals surface area contributed by atoms with E-state index in [0.717, 1.165) is 23.4 Å². The van der Waals surface area contributed by atoms with Gasteiger partial charge in [-0.3, -0.25) is 4.79 Å². The molecule has 1 amide bonds. The number of rotatable bonds is 5. The number of anilines is 2. The first kappa shape index (κ1) is 14.5. The van der Waals surface area contributed by atoms with E-state index in [9.17, 15) is 4.79 Å². The average Bonchev–Trinajstić information content (AvgIpc) is 2.33. The van der Waals surface area contributed by atoms with Crippen LogP contribution in [0.1, 0.15) is 18.9 Å². The zero-order valence-electron chi connectivity index (χ0n) is 11.7. The minimum atomic E-state index is -0.113. The van der Waals surface area contributed by atoms with Gasteiger partial charge in [-0.2, -0.15) is 0 Å². The molecule has 18 heavy (non-hydrogen) atoms. The predicted octanol–water partition coefficient (Wildman–Crippen LogP) is 1.98. The Morgan fingerprint density at radius 3 is 2.56 bits per heavy atom. The Labute approximate surface area is 109 Å². The Morgan fingerprint density at radius 1 is 1.44 bits per heavy atom. The van der Waals surface area contributed by atoms with Crippen LogP contribution in [0.2, 0.25) is 0 Å². The fourth-order valence-corrected chi connectivity index (χ4v) is 1.76. The van der Waals surface area contributed by atoms with Crippen molar-refractivity contribution in [3.8, 4) is 0 Å². The van der Waals surface area contributed by atoms with Crippen LogP contribution < -0.4 is 16.0 Å². The van der Waals surface area contributed by atoms with Crippen LogP contribution in [0.15, 0.2) is 18.2 Å². The van der Waals surface area contributed by atoms with Crippen molar-refractivity contribution in [2.45, 2.75) is 20.3 Å². The summed E-state index contributed by atoms with van der Waals surface area (Å²) in [5, 5.41) is 2.94. The van der Waals surface area contributed by atoms with Crippen LogP contribution in [0.25, 0.3) is 0 Å². The highest BCUT2D eigenvalue weighted by Crippen LogP contribution is 2.22. The smallest absolute Gasteiger partial charge is 0.228 e. The van der Waals surface area contributed by atoms with Gasteiger partial charge in [0.1, 0.15) is 0 Å². The largest absolute Gasteiger partial charge is 0.378 e. The van der Waals surface area contributed by atoms with E-state index in [1.807, 2.05) is 45.0 Å². The maximum atomic E-state index is 11.9. The van der Waals surface area contributed by atoms with Crippen molar-refractivity contribution in [3.63, 3.8) is 0 Å². The first-order chi connectivity index (χ1) is 8.49. The SMILES string of the molecule is CCC(CN)C(=O)Nc1ccc(N(C)C)cc1C. The van der Waals surface area contributed by atoms with Crippen LogP contribution in [0.4, 0.5) is 11.4 Å². The molecule has 100 valence electrons. The van der Waals surface area contributed by atoms with Crippen molar-refractivity contribution in [1.29, 1.82) is 0 Å². The Balaban J connectivity index is 2.82. The van der Waals surface area contributed by atoms with Gasteiger partial charge in [-0.1, -0.05) is 6.92 Å². The number of hydrogen-bond acceptors (Lipinski definition) is 3. The molecule has 0 heterocycles. The van der Waals surface area contributed by atoms with E-state index in [2.05, 4.69) is 11.4 Å². The van der Waals surface area contributed by atoms with Crippen LogP contribution in [0.3, 0.4) is 0 Å². The number of nitrogens with two attached hydrogens (primary N) is 1. The topological polar surface area (TPSA) is 58.4 Å². The summed E-state index contributed by atoms with van der Waals surface area (Å²) in [7, 11) is 3.99. The molecule has 1 aromatic rings. The third-order valence-corrected chi connectivity index (χ3v) is 3.13.